The van der Waals surface area contributed by atoms with E-state index >= 15 is 0 Å². The van der Waals surface area contributed by atoms with Crippen molar-refractivity contribution in [3.63, 3.8) is 0 Å². The number of rotatable bonds is 7. The molecular weight excluding hydrogens is 416 g/mol. The number of anilines is 1. The Hall–Kier alpha value is -3.77. The van der Waals surface area contributed by atoms with Crippen LogP contribution in [-0.2, 0) is 6.42 Å². The summed E-state index contributed by atoms with van der Waals surface area (Å²) in [6, 6.07) is 21.8. The molecule has 0 unspecified atom stereocenters. The SMILES string of the molecule is Cc1ccc(C(=O)c2[nH]c3ccccc3c2CCNc2ccc(-c3ccccn3)cn2)s1. The van der Waals surface area contributed by atoms with Gasteiger partial charge in [0.1, 0.15) is 5.82 Å². The average molecular weight is 439 g/mol. The van der Waals surface area contributed by atoms with Gasteiger partial charge in [0.2, 0.25) is 5.78 Å². The van der Waals surface area contributed by atoms with Crippen LogP contribution in [0.4, 0.5) is 5.82 Å². The molecule has 0 atom stereocenters. The summed E-state index contributed by atoms with van der Waals surface area (Å²) in [6.45, 7) is 2.69. The summed E-state index contributed by atoms with van der Waals surface area (Å²) in [5.74, 6) is 0.846. The van der Waals surface area contributed by atoms with Crippen molar-refractivity contribution in [2.24, 2.45) is 0 Å². The lowest BCUT2D eigenvalue weighted by molar-refractivity contribution is 0.103. The number of hydrogen-bond donors (Lipinski definition) is 2. The Bertz CT molecular complexity index is 1370. The summed E-state index contributed by atoms with van der Waals surface area (Å²) in [5.41, 5.74) is 4.57. The first kappa shape index (κ1) is 20.2. The molecule has 0 fully saturated rings. The molecule has 4 aromatic heterocycles. The highest BCUT2D eigenvalue weighted by Gasteiger charge is 2.20. The molecule has 5 aromatic rings. The Morgan fingerprint density at radius 1 is 1.00 bits per heavy atom. The molecule has 0 aliphatic heterocycles. The zero-order chi connectivity index (χ0) is 21.9. The number of ketones is 1. The normalized spacial score (nSPS) is 11.0. The van der Waals surface area contributed by atoms with Gasteiger partial charge >= 0.3 is 0 Å². The second-order valence-electron chi connectivity index (χ2n) is 7.59. The molecule has 2 N–H and O–H groups in total. The Morgan fingerprint density at radius 2 is 1.88 bits per heavy atom. The Balaban J connectivity index is 1.34. The van der Waals surface area contributed by atoms with Crippen LogP contribution >= 0.6 is 11.3 Å². The smallest absolute Gasteiger partial charge is 0.219 e. The molecule has 0 amide bonds. The van der Waals surface area contributed by atoms with Gasteiger partial charge in [0.15, 0.2) is 0 Å². The van der Waals surface area contributed by atoms with Gasteiger partial charge < -0.3 is 10.3 Å². The average Bonchev–Trinajstić information content (AvgIpc) is 3.43. The first-order chi connectivity index (χ1) is 15.7. The molecule has 32 heavy (non-hydrogen) atoms. The van der Waals surface area contributed by atoms with Crippen LogP contribution in [0, 0.1) is 6.92 Å². The minimum Gasteiger partial charge on any atom is -0.370 e. The van der Waals surface area contributed by atoms with Crippen LogP contribution in [0.15, 0.2) is 79.1 Å². The lowest BCUT2D eigenvalue weighted by Gasteiger charge is -2.08. The number of nitrogens with one attached hydrogen (secondary N) is 2. The van der Waals surface area contributed by atoms with Crippen molar-refractivity contribution in [2.45, 2.75) is 13.3 Å². The van der Waals surface area contributed by atoms with E-state index in [9.17, 15) is 4.79 Å². The number of para-hydroxylation sites is 1. The molecular formula is C26H22N4OS. The molecule has 0 saturated carbocycles. The third kappa shape index (κ3) is 4.05. The second kappa shape index (κ2) is 8.77. The molecule has 0 aliphatic carbocycles. The van der Waals surface area contributed by atoms with Crippen LogP contribution in [0.1, 0.15) is 25.8 Å². The summed E-state index contributed by atoms with van der Waals surface area (Å²) in [7, 11) is 0. The van der Waals surface area contributed by atoms with E-state index in [4.69, 9.17) is 0 Å². The number of fused-ring (bicyclic) bond motifs is 1. The van der Waals surface area contributed by atoms with E-state index in [1.807, 2.05) is 73.8 Å². The van der Waals surface area contributed by atoms with Crippen LogP contribution in [0.2, 0.25) is 0 Å². The van der Waals surface area contributed by atoms with Crippen molar-refractivity contribution in [1.29, 1.82) is 0 Å². The van der Waals surface area contributed by atoms with Crippen LogP contribution in [0.5, 0.6) is 0 Å². The van der Waals surface area contributed by atoms with Gasteiger partial charge in [0, 0.05) is 40.3 Å². The molecule has 0 saturated heterocycles. The second-order valence-corrected chi connectivity index (χ2v) is 8.88. The van der Waals surface area contributed by atoms with E-state index in [0.717, 1.165) is 43.3 Å². The fourth-order valence-corrected chi connectivity index (χ4v) is 4.65. The number of benzene rings is 1. The monoisotopic (exact) mass is 438 g/mol. The summed E-state index contributed by atoms with van der Waals surface area (Å²) in [5, 5.41) is 4.47. The molecule has 4 heterocycles. The van der Waals surface area contributed by atoms with Crippen LogP contribution in [0.3, 0.4) is 0 Å². The molecule has 0 radical (unpaired) electrons. The predicted molar refractivity (Wildman–Crippen MR) is 130 cm³/mol. The van der Waals surface area contributed by atoms with Crippen molar-refractivity contribution >= 4 is 33.8 Å². The molecule has 1 aromatic carbocycles. The van der Waals surface area contributed by atoms with Gasteiger partial charge in [0.05, 0.1) is 16.3 Å². The maximum absolute atomic E-state index is 13.2. The lowest BCUT2D eigenvalue weighted by Crippen LogP contribution is -2.10. The Morgan fingerprint density at radius 3 is 2.62 bits per heavy atom. The van der Waals surface area contributed by atoms with E-state index in [-0.39, 0.29) is 5.78 Å². The van der Waals surface area contributed by atoms with Gasteiger partial charge in [-0.15, -0.1) is 11.3 Å². The zero-order valence-electron chi connectivity index (χ0n) is 17.6. The number of aryl methyl sites for hydroxylation is 1. The summed E-state index contributed by atoms with van der Waals surface area (Å²) in [6.07, 6.45) is 4.31. The number of nitrogens with zero attached hydrogens (tertiary/aromatic N) is 2. The third-order valence-electron chi connectivity index (χ3n) is 5.41. The van der Waals surface area contributed by atoms with E-state index < -0.39 is 0 Å². The Labute approximate surface area is 190 Å². The van der Waals surface area contributed by atoms with Crippen LogP contribution < -0.4 is 5.32 Å². The van der Waals surface area contributed by atoms with Gasteiger partial charge in [-0.1, -0.05) is 24.3 Å². The van der Waals surface area contributed by atoms with Crippen molar-refractivity contribution in [2.75, 3.05) is 11.9 Å². The van der Waals surface area contributed by atoms with E-state index in [1.54, 1.807) is 6.20 Å². The highest BCUT2D eigenvalue weighted by molar-refractivity contribution is 7.14. The van der Waals surface area contributed by atoms with E-state index in [0.29, 0.717) is 18.7 Å². The van der Waals surface area contributed by atoms with E-state index in [2.05, 4.69) is 26.3 Å². The van der Waals surface area contributed by atoms with Crippen molar-refractivity contribution in [3.05, 3.63) is 100 Å². The minimum atomic E-state index is 0.0483. The molecule has 158 valence electrons. The maximum atomic E-state index is 13.2. The molecule has 5 rings (SSSR count). The maximum Gasteiger partial charge on any atom is 0.219 e. The van der Waals surface area contributed by atoms with Crippen LogP contribution in [-0.4, -0.2) is 27.3 Å². The zero-order valence-corrected chi connectivity index (χ0v) is 18.4. The Kier molecular flexibility index (Phi) is 5.52. The highest BCUT2D eigenvalue weighted by atomic mass is 32.1. The number of thiophene rings is 1. The molecule has 6 heteroatoms. The molecule has 0 aliphatic rings. The first-order valence-electron chi connectivity index (χ1n) is 10.5. The fraction of sp³-hybridized carbons (Fsp3) is 0.115. The fourth-order valence-electron chi connectivity index (χ4n) is 3.83. The predicted octanol–water partition coefficient (Wildman–Crippen LogP) is 5.88. The molecule has 0 spiro atoms. The number of H-pyrrole nitrogens is 1. The number of carbonyl (C=O) groups excluding carboxylic acids is 1. The third-order valence-corrected chi connectivity index (χ3v) is 6.41. The molecule has 5 nitrogen and oxygen atoms in total. The first-order valence-corrected chi connectivity index (χ1v) is 11.3. The number of carbonyl (C=O) groups is 1. The highest BCUT2D eigenvalue weighted by Crippen LogP contribution is 2.27. The quantitative estimate of drug-likeness (QED) is 0.311. The van der Waals surface area contributed by atoms with Gasteiger partial charge in [-0.3, -0.25) is 9.78 Å². The number of aromatic nitrogens is 3. The van der Waals surface area contributed by atoms with Gasteiger partial charge in [-0.25, -0.2) is 4.98 Å². The lowest BCUT2D eigenvalue weighted by atomic mass is 10.0. The summed E-state index contributed by atoms with van der Waals surface area (Å²) in [4.78, 5) is 27.3. The molecule has 0 bridgehead atoms. The standard InChI is InChI=1S/C26H22N4OS/c1-17-9-11-23(32-17)26(31)25-20(19-6-2-3-8-22(19)30-25)13-15-28-24-12-10-18(16-29-24)21-7-4-5-14-27-21/h2-12,14,16,30H,13,15H2,1H3,(H,28,29). The largest absolute Gasteiger partial charge is 0.370 e. The topological polar surface area (TPSA) is 70.7 Å². The number of aromatic amines is 1. The number of pyridine rings is 2. The van der Waals surface area contributed by atoms with Crippen molar-refractivity contribution in [1.82, 2.24) is 15.0 Å². The van der Waals surface area contributed by atoms with Crippen molar-refractivity contribution in [3.8, 4) is 11.3 Å². The van der Waals surface area contributed by atoms with Crippen LogP contribution in [0.25, 0.3) is 22.2 Å². The summed E-state index contributed by atoms with van der Waals surface area (Å²) < 4.78 is 0. The van der Waals surface area contributed by atoms with Crippen molar-refractivity contribution < 1.29 is 4.79 Å². The minimum absolute atomic E-state index is 0.0483. The van der Waals surface area contributed by atoms with Gasteiger partial charge in [0.25, 0.3) is 0 Å². The van der Waals surface area contributed by atoms with E-state index in [1.165, 1.54) is 11.3 Å². The summed E-state index contributed by atoms with van der Waals surface area (Å²) >= 11 is 1.53. The van der Waals surface area contributed by atoms with Gasteiger partial charge in [-0.05, 0) is 61.4 Å². The van der Waals surface area contributed by atoms with Gasteiger partial charge in [-0.2, -0.15) is 0 Å². The number of hydrogen-bond acceptors (Lipinski definition) is 5.